The average Bonchev–Trinajstić information content (AvgIpc) is 2.95. The number of benzene rings is 2. The Kier molecular flexibility index (Phi) is 9.58. The molecule has 0 spiro atoms. The maximum absolute atomic E-state index is 13.8. The lowest BCUT2D eigenvalue weighted by Gasteiger charge is -2.38. The van der Waals surface area contributed by atoms with Crippen LogP contribution in [0.5, 0.6) is 0 Å². The molecule has 2 aliphatic rings. The number of halogens is 1. The van der Waals surface area contributed by atoms with Crippen molar-refractivity contribution in [1.82, 2.24) is 9.80 Å². The Balaban J connectivity index is 0.000000350. The molecule has 2 aromatic rings. The smallest absolute Gasteiger partial charge is 0.328 e. The number of aliphatic carboxylic acids is 2. The third-order valence-electron chi connectivity index (χ3n) is 5.66. The number of carbonyl (C=O) groups is 2. The molecule has 0 amide bonds. The zero-order chi connectivity index (χ0) is 24.7. The molecule has 1 unspecified atom stereocenters. The number of fused-ring (bicyclic) bond motifs is 2. The fraction of sp³-hybridized carbons (Fsp3) is 0.360. The van der Waals surface area contributed by atoms with E-state index >= 15 is 0 Å². The topological polar surface area (TPSA) is 81.1 Å². The van der Waals surface area contributed by atoms with Gasteiger partial charge in [0.1, 0.15) is 5.82 Å². The van der Waals surface area contributed by atoms with Gasteiger partial charge >= 0.3 is 11.9 Å². The number of hydrogen-bond donors (Lipinski definition) is 2. The van der Waals surface area contributed by atoms with E-state index in [1.54, 1.807) is 23.9 Å². The van der Waals surface area contributed by atoms with Gasteiger partial charge < -0.3 is 15.1 Å². The molecule has 0 bridgehead atoms. The van der Waals surface area contributed by atoms with E-state index in [-0.39, 0.29) is 5.82 Å². The molecule has 0 aromatic heterocycles. The van der Waals surface area contributed by atoms with E-state index in [0.717, 1.165) is 43.2 Å². The fourth-order valence-electron chi connectivity index (χ4n) is 3.97. The van der Waals surface area contributed by atoms with Gasteiger partial charge in [-0.1, -0.05) is 24.8 Å². The third kappa shape index (κ3) is 7.33. The number of likely N-dealkylation sites (N-methyl/N-ethyl adjacent to an activating group) is 1. The van der Waals surface area contributed by atoms with Gasteiger partial charge in [0.2, 0.25) is 0 Å². The Labute approximate surface area is 207 Å². The molecule has 2 aromatic carbocycles. The highest BCUT2D eigenvalue weighted by Gasteiger charge is 2.29. The highest BCUT2D eigenvalue weighted by molar-refractivity contribution is 7.99. The zero-order valence-corrected chi connectivity index (χ0v) is 20.9. The van der Waals surface area contributed by atoms with Crippen molar-refractivity contribution in [2.75, 3.05) is 39.0 Å². The van der Waals surface area contributed by atoms with Crippen molar-refractivity contribution in [3.63, 3.8) is 0 Å². The molecule has 1 atom stereocenters. The van der Waals surface area contributed by atoms with Gasteiger partial charge in [-0.3, -0.25) is 4.90 Å². The second kappa shape index (κ2) is 12.4. The number of piperazine rings is 1. The zero-order valence-electron chi connectivity index (χ0n) is 19.2. The predicted molar refractivity (Wildman–Crippen MR) is 133 cm³/mol. The summed E-state index contributed by atoms with van der Waals surface area (Å²) in [7, 11) is 2.20. The fourth-order valence-corrected chi connectivity index (χ4v) is 5.81. The molecular weight excluding hydrogens is 475 g/mol. The van der Waals surface area contributed by atoms with Crippen LogP contribution < -0.4 is 0 Å². The van der Waals surface area contributed by atoms with Crippen LogP contribution >= 0.6 is 23.5 Å². The predicted octanol–water partition coefficient (Wildman–Crippen LogP) is 4.65. The molecule has 2 N–H and O–H groups in total. The monoisotopic (exact) mass is 504 g/mol. The van der Waals surface area contributed by atoms with Gasteiger partial charge in [0.05, 0.1) is 0 Å². The molecule has 1 fully saturated rings. The lowest BCUT2D eigenvalue weighted by Crippen LogP contribution is -2.46. The first-order valence-electron chi connectivity index (χ1n) is 11.1. The molecule has 2 aliphatic heterocycles. The minimum Gasteiger partial charge on any atom is -0.478 e. The summed E-state index contributed by atoms with van der Waals surface area (Å²) in [4.78, 5) is 27.8. The number of thioether (sulfide) groups is 1. The van der Waals surface area contributed by atoms with Crippen LogP contribution in [0.4, 0.5) is 4.39 Å². The Morgan fingerprint density at radius 1 is 1.06 bits per heavy atom. The first-order chi connectivity index (χ1) is 16.3. The number of hydrogen-bond acceptors (Lipinski definition) is 6. The number of rotatable bonds is 5. The number of carboxylic acids is 2. The molecule has 0 radical (unpaired) electrons. The molecule has 0 saturated carbocycles. The normalized spacial score (nSPS) is 18.4. The molecule has 4 rings (SSSR count). The van der Waals surface area contributed by atoms with Crippen LogP contribution in [0.3, 0.4) is 0 Å². The molecule has 1 saturated heterocycles. The van der Waals surface area contributed by atoms with Crippen LogP contribution in [0, 0.1) is 5.82 Å². The van der Waals surface area contributed by atoms with Crippen molar-refractivity contribution in [2.24, 2.45) is 0 Å². The van der Waals surface area contributed by atoms with Gasteiger partial charge in [-0.2, -0.15) is 0 Å². The van der Waals surface area contributed by atoms with E-state index in [1.807, 2.05) is 17.8 Å². The minimum absolute atomic E-state index is 0.144. The van der Waals surface area contributed by atoms with Gasteiger partial charge in [0.15, 0.2) is 0 Å². The second-order valence-corrected chi connectivity index (χ2v) is 10.5. The van der Waals surface area contributed by atoms with Crippen LogP contribution in [0.1, 0.15) is 24.1 Å². The van der Waals surface area contributed by atoms with Crippen LogP contribution in [0.15, 0.2) is 63.2 Å². The van der Waals surface area contributed by atoms with Crippen LogP contribution in [0.25, 0.3) is 0 Å². The van der Waals surface area contributed by atoms with Crippen molar-refractivity contribution < 1.29 is 24.2 Å². The molecule has 9 heteroatoms. The average molecular weight is 505 g/mol. The summed E-state index contributed by atoms with van der Waals surface area (Å²) >= 11 is 3.62. The lowest BCUT2D eigenvalue weighted by atomic mass is 9.96. The standard InChI is InChI=1S/C21H25FN2S2.C4H4O4/c1-3-25-17-6-7-20-18(14-17)19(24-10-8-23(2)9-11-24)12-15-4-5-16(22)13-21(15)26-20;5-3(6)1-2-4(7)8/h4-7,13-14,19H,3,8-12H2,1-2H3;1-2H,(H,5,6)(H,7,8)/b;2-1+. The van der Waals surface area contributed by atoms with Crippen LogP contribution in [-0.4, -0.2) is 70.9 Å². The molecule has 2 heterocycles. The lowest BCUT2D eigenvalue weighted by molar-refractivity contribution is -0.134. The summed E-state index contributed by atoms with van der Waals surface area (Å²) in [5.74, 6) is -1.58. The molecular formula is C25H29FN2O4S2. The van der Waals surface area contributed by atoms with E-state index in [1.165, 1.54) is 20.9 Å². The summed E-state index contributed by atoms with van der Waals surface area (Å²) in [6, 6.07) is 12.5. The highest BCUT2D eigenvalue weighted by atomic mass is 32.2. The van der Waals surface area contributed by atoms with Gasteiger partial charge in [-0.25, -0.2) is 14.0 Å². The van der Waals surface area contributed by atoms with Crippen LogP contribution in [0.2, 0.25) is 0 Å². The van der Waals surface area contributed by atoms with E-state index < -0.39 is 11.9 Å². The first kappa shape index (κ1) is 26.3. The van der Waals surface area contributed by atoms with E-state index in [0.29, 0.717) is 18.2 Å². The summed E-state index contributed by atoms with van der Waals surface area (Å²) in [6.07, 6.45) is 2.07. The van der Waals surface area contributed by atoms with Gasteiger partial charge in [-0.05, 0) is 60.7 Å². The van der Waals surface area contributed by atoms with Crippen molar-refractivity contribution >= 4 is 35.5 Å². The van der Waals surface area contributed by atoms with Gasteiger partial charge in [0.25, 0.3) is 0 Å². The Morgan fingerprint density at radius 3 is 2.35 bits per heavy atom. The van der Waals surface area contributed by atoms with Gasteiger partial charge in [-0.15, -0.1) is 11.8 Å². The Bertz CT molecular complexity index is 1040. The minimum atomic E-state index is -1.26. The van der Waals surface area contributed by atoms with Crippen molar-refractivity contribution in [3.8, 4) is 0 Å². The highest BCUT2D eigenvalue weighted by Crippen LogP contribution is 2.44. The van der Waals surface area contributed by atoms with Gasteiger partial charge in [0, 0.05) is 59.1 Å². The Morgan fingerprint density at radius 2 is 1.74 bits per heavy atom. The number of nitrogens with zero attached hydrogens (tertiary/aromatic N) is 2. The summed E-state index contributed by atoms with van der Waals surface area (Å²) in [5.41, 5.74) is 2.68. The first-order valence-corrected chi connectivity index (χ1v) is 12.9. The van der Waals surface area contributed by atoms with E-state index in [2.05, 4.69) is 42.0 Å². The largest absolute Gasteiger partial charge is 0.478 e. The number of carboxylic acid groups (broad SMARTS) is 2. The molecule has 34 heavy (non-hydrogen) atoms. The maximum atomic E-state index is 13.8. The molecule has 182 valence electrons. The van der Waals surface area contributed by atoms with E-state index in [9.17, 15) is 14.0 Å². The van der Waals surface area contributed by atoms with Crippen molar-refractivity contribution in [3.05, 3.63) is 65.5 Å². The third-order valence-corrected chi connectivity index (χ3v) is 7.73. The summed E-state index contributed by atoms with van der Waals surface area (Å²) in [6.45, 7) is 6.60. The Hall–Kier alpha value is -2.33. The van der Waals surface area contributed by atoms with Crippen molar-refractivity contribution in [1.29, 1.82) is 0 Å². The summed E-state index contributed by atoms with van der Waals surface area (Å²) in [5, 5.41) is 15.6. The maximum Gasteiger partial charge on any atom is 0.328 e. The SMILES string of the molecule is CCSc1ccc2c(c1)C(N1CCN(C)CC1)Cc1ccc(F)cc1S2.O=C(O)/C=C/C(=O)O. The second-order valence-electron chi connectivity index (χ2n) is 8.06. The molecule has 6 nitrogen and oxygen atoms in total. The van der Waals surface area contributed by atoms with Crippen LogP contribution in [-0.2, 0) is 16.0 Å². The van der Waals surface area contributed by atoms with Crippen molar-refractivity contribution in [2.45, 2.75) is 34.1 Å². The molecule has 0 aliphatic carbocycles. The quantitative estimate of drug-likeness (QED) is 0.450. The summed E-state index contributed by atoms with van der Waals surface area (Å²) < 4.78 is 13.8. The van der Waals surface area contributed by atoms with E-state index in [4.69, 9.17) is 10.2 Å².